The van der Waals surface area contributed by atoms with Crippen molar-refractivity contribution in [3.05, 3.63) is 41.9 Å². The molecule has 0 N–H and O–H groups in total. The molecule has 1 aliphatic heterocycles. The Hall–Kier alpha value is -2.68. The minimum absolute atomic E-state index is 0.668. The number of piperazine rings is 1. The average molecular weight is 280 g/mol. The summed E-state index contributed by atoms with van der Waals surface area (Å²) in [4.78, 5) is 17.2. The van der Waals surface area contributed by atoms with Crippen LogP contribution in [0, 0.1) is 18.3 Å². The molecule has 2 aromatic rings. The lowest BCUT2D eigenvalue weighted by Gasteiger charge is -2.35. The van der Waals surface area contributed by atoms with E-state index in [4.69, 9.17) is 0 Å². The summed E-state index contributed by atoms with van der Waals surface area (Å²) >= 11 is 0. The third-order valence-electron chi connectivity index (χ3n) is 3.67. The smallest absolute Gasteiger partial charge is 0.225 e. The lowest BCUT2D eigenvalue weighted by atomic mass is 10.1. The van der Waals surface area contributed by atoms with E-state index in [2.05, 4.69) is 30.8 Å². The largest absolute Gasteiger partial charge is 0.352 e. The van der Waals surface area contributed by atoms with Gasteiger partial charge < -0.3 is 9.80 Å². The highest BCUT2D eigenvalue weighted by Gasteiger charge is 2.22. The molecule has 1 aliphatic rings. The second kappa shape index (κ2) is 5.75. The highest BCUT2D eigenvalue weighted by molar-refractivity contribution is 5.58. The van der Waals surface area contributed by atoms with Crippen LogP contribution in [0.2, 0.25) is 0 Å². The number of rotatable bonds is 2. The SMILES string of the molecule is Cc1ccnc(N2CCN(c3ncccn3)CC2)c1C#N. The van der Waals surface area contributed by atoms with Crippen LogP contribution < -0.4 is 9.80 Å². The fourth-order valence-electron chi connectivity index (χ4n) is 2.49. The van der Waals surface area contributed by atoms with Crippen LogP contribution in [0.3, 0.4) is 0 Å². The van der Waals surface area contributed by atoms with E-state index in [9.17, 15) is 5.26 Å². The van der Waals surface area contributed by atoms with Gasteiger partial charge in [0.25, 0.3) is 0 Å². The molecular formula is C15H16N6. The van der Waals surface area contributed by atoms with Gasteiger partial charge in [-0.3, -0.25) is 0 Å². The van der Waals surface area contributed by atoms with Crippen LogP contribution in [0.4, 0.5) is 11.8 Å². The Bertz CT molecular complexity index is 656. The van der Waals surface area contributed by atoms with Crippen molar-refractivity contribution in [2.24, 2.45) is 0 Å². The van der Waals surface area contributed by atoms with Gasteiger partial charge in [-0.15, -0.1) is 0 Å². The van der Waals surface area contributed by atoms with Crippen LogP contribution in [0.1, 0.15) is 11.1 Å². The molecule has 0 unspecified atom stereocenters. The standard InChI is InChI=1S/C15H16N6/c1-12-3-6-17-14(13(12)11-16)20-7-9-21(10-8-20)15-18-4-2-5-19-15/h2-6H,7-10H2,1H3. The molecule has 0 radical (unpaired) electrons. The topological polar surface area (TPSA) is 68.9 Å². The first-order chi connectivity index (χ1) is 10.3. The first-order valence-electron chi connectivity index (χ1n) is 6.92. The van der Waals surface area contributed by atoms with Gasteiger partial charge in [-0.2, -0.15) is 5.26 Å². The summed E-state index contributed by atoms with van der Waals surface area (Å²) in [5.41, 5.74) is 1.64. The molecule has 0 aromatic carbocycles. The molecule has 0 amide bonds. The maximum Gasteiger partial charge on any atom is 0.225 e. The summed E-state index contributed by atoms with van der Waals surface area (Å²) in [6.45, 7) is 5.21. The zero-order chi connectivity index (χ0) is 14.7. The van der Waals surface area contributed by atoms with E-state index in [1.807, 2.05) is 19.1 Å². The summed E-state index contributed by atoms with van der Waals surface area (Å²) in [7, 11) is 0. The second-order valence-corrected chi connectivity index (χ2v) is 4.96. The lowest BCUT2D eigenvalue weighted by Crippen LogP contribution is -2.47. The molecule has 0 aliphatic carbocycles. The Morgan fingerprint density at radius 1 is 1.00 bits per heavy atom. The molecule has 3 heterocycles. The highest BCUT2D eigenvalue weighted by atomic mass is 15.3. The summed E-state index contributed by atoms with van der Waals surface area (Å²) < 4.78 is 0. The van der Waals surface area contributed by atoms with E-state index in [1.165, 1.54) is 0 Å². The Morgan fingerprint density at radius 2 is 1.67 bits per heavy atom. The Labute approximate surface area is 123 Å². The molecule has 6 nitrogen and oxygen atoms in total. The predicted molar refractivity (Wildman–Crippen MR) is 80.1 cm³/mol. The maximum atomic E-state index is 9.31. The Balaban J connectivity index is 1.75. The van der Waals surface area contributed by atoms with E-state index in [-0.39, 0.29) is 0 Å². The third kappa shape index (κ3) is 2.63. The summed E-state index contributed by atoms with van der Waals surface area (Å²) in [5, 5.41) is 9.31. The molecule has 106 valence electrons. The predicted octanol–water partition coefficient (Wildman–Crippen LogP) is 1.38. The number of nitriles is 1. The Kier molecular flexibility index (Phi) is 3.65. The number of aromatic nitrogens is 3. The quantitative estimate of drug-likeness (QED) is 0.827. The van der Waals surface area contributed by atoms with Gasteiger partial charge in [-0.25, -0.2) is 15.0 Å². The molecule has 0 spiro atoms. The van der Waals surface area contributed by atoms with Crippen molar-refractivity contribution in [1.82, 2.24) is 15.0 Å². The van der Waals surface area contributed by atoms with E-state index < -0.39 is 0 Å². The maximum absolute atomic E-state index is 9.31. The van der Waals surface area contributed by atoms with Crippen molar-refractivity contribution in [1.29, 1.82) is 5.26 Å². The number of hydrogen-bond donors (Lipinski definition) is 0. The van der Waals surface area contributed by atoms with Crippen LogP contribution in [-0.4, -0.2) is 41.1 Å². The number of pyridine rings is 1. The first-order valence-corrected chi connectivity index (χ1v) is 6.92. The minimum atomic E-state index is 0.668. The van der Waals surface area contributed by atoms with Crippen molar-refractivity contribution in [2.45, 2.75) is 6.92 Å². The van der Waals surface area contributed by atoms with Gasteiger partial charge in [-0.05, 0) is 24.6 Å². The molecule has 6 heteroatoms. The number of aryl methyl sites for hydroxylation is 1. The molecule has 2 aromatic heterocycles. The number of nitrogens with zero attached hydrogens (tertiary/aromatic N) is 6. The molecule has 21 heavy (non-hydrogen) atoms. The molecule has 0 atom stereocenters. The van der Waals surface area contributed by atoms with Crippen LogP contribution >= 0.6 is 0 Å². The number of anilines is 2. The zero-order valence-corrected chi connectivity index (χ0v) is 11.9. The van der Waals surface area contributed by atoms with Gasteiger partial charge in [0.1, 0.15) is 11.9 Å². The van der Waals surface area contributed by atoms with E-state index in [0.29, 0.717) is 5.56 Å². The molecule has 1 fully saturated rings. The zero-order valence-electron chi connectivity index (χ0n) is 11.9. The van der Waals surface area contributed by atoms with Crippen molar-refractivity contribution in [3.63, 3.8) is 0 Å². The van der Waals surface area contributed by atoms with Gasteiger partial charge in [0.15, 0.2) is 0 Å². The minimum Gasteiger partial charge on any atom is -0.352 e. The van der Waals surface area contributed by atoms with Crippen LogP contribution in [0.5, 0.6) is 0 Å². The van der Waals surface area contributed by atoms with Gasteiger partial charge >= 0.3 is 0 Å². The van der Waals surface area contributed by atoms with Crippen LogP contribution in [0.15, 0.2) is 30.7 Å². The normalized spacial score (nSPS) is 14.9. The van der Waals surface area contributed by atoms with E-state index in [1.54, 1.807) is 18.6 Å². The van der Waals surface area contributed by atoms with Crippen molar-refractivity contribution >= 4 is 11.8 Å². The fraction of sp³-hybridized carbons (Fsp3) is 0.333. The molecule has 0 saturated carbocycles. The van der Waals surface area contributed by atoms with Crippen molar-refractivity contribution in [2.75, 3.05) is 36.0 Å². The van der Waals surface area contributed by atoms with Gasteiger partial charge in [0.05, 0.1) is 5.56 Å². The fourth-order valence-corrected chi connectivity index (χ4v) is 2.49. The monoisotopic (exact) mass is 280 g/mol. The lowest BCUT2D eigenvalue weighted by molar-refractivity contribution is 0.634. The van der Waals surface area contributed by atoms with Gasteiger partial charge in [0, 0.05) is 44.8 Å². The highest BCUT2D eigenvalue weighted by Crippen LogP contribution is 2.22. The molecule has 1 saturated heterocycles. The number of hydrogen-bond acceptors (Lipinski definition) is 6. The summed E-state index contributed by atoms with van der Waals surface area (Å²) in [6, 6.07) is 5.95. The molecule has 0 bridgehead atoms. The molecule has 3 rings (SSSR count). The van der Waals surface area contributed by atoms with Crippen molar-refractivity contribution in [3.8, 4) is 6.07 Å². The van der Waals surface area contributed by atoms with Gasteiger partial charge in [-0.1, -0.05) is 0 Å². The second-order valence-electron chi connectivity index (χ2n) is 4.96. The molecular weight excluding hydrogens is 264 g/mol. The Morgan fingerprint density at radius 3 is 2.33 bits per heavy atom. The van der Waals surface area contributed by atoms with Crippen LogP contribution in [-0.2, 0) is 0 Å². The van der Waals surface area contributed by atoms with E-state index >= 15 is 0 Å². The van der Waals surface area contributed by atoms with Gasteiger partial charge in [0.2, 0.25) is 5.95 Å². The van der Waals surface area contributed by atoms with Crippen LogP contribution in [0.25, 0.3) is 0 Å². The first kappa shape index (κ1) is 13.3. The summed E-state index contributed by atoms with van der Waals surface area (Å²) in [6.07, 6.45) is 5.27. The summed E-state index contributed by atoms with van der Waals surface area (Å²) in [5.74, 6) is 1.54. The third-order valence-corrected chi connectivity index (χ3v) is 3.67. The van der Waals surface area contributed by atoms with E-state index in [0.717, 1.165) is 43.5 Å². The average Bonchev–Trinajstić information content (AvgIpc) is 2.55. The van der Waals surface area contributed by atoms with Crippen molar-refractivity contribution < 1.29 is 0 Å².